The fraction of sp³-hybridized carbons (Fsp3) is 0.381. The Morgan fingerprint density at radius 3 is 2.86 bits per heavy atom. The molecule has 1 aromatic carbocycles. The number of hydrogen-bond acceptors (Lipinski definition) is 6. The SMILES string of the molecule is COC(=O)[C@@H](C)Sc1nc2sc3c(c2c(=O)n1-c1cccc(C)c1)CCCC3. The quantitative estimate of drug-likeness (QED) is 0.362. The first-order valence-corrected chi connectivity index (χ1v) is 11.1. The Morgan fingerprint density at radius 1 is 1.32 bits per heavy atom. The van der Waals surface area contributed by atoms with Gasteiger partial charge in [-0.15, -0.1) is 11.3 Å². The van der Waals surface area contributed by atoms with E-state index in [0.717, 1.165) is 47.2 Å². The zero-order valence-electron chi connectivity index (χ0n) is 16.2. The third-order valence-corrected chi connectivity index (χ3v) is 7.25. The van der Waals surface area contributed by atoms with Gasteiger partial charge in [0.15, 0.2) is 5.16 Å². The maximum absolute atomic E-state index is 13.6. The van der Waals surface area contributed by atoms with Crippen LogP contribution in [-0.4, -0.2) is 27.9 Å². The van der Waals surface area contributed by atoms with E-state index >= 15 is 0 Å². The van der Waals surface area contributed by atoms with Crippen LogP contribution in [0.2, 0.25) is 0 Å². The first-order valence-electron chi connectivity index (χ1n) is 9.38. The highest BCUT2D eigenvalue weighted by Crippen LogP contribution is 2.35. The largest absolute Gasteiger partial charge is 0.468 e. The molecule has 28 heavy (non-hydrogen) atoms. The maximum atomic E-state index is 13.6. The first-order chi connectivity index (χ1) is 13.5. The molecule has 1 aliphatic carbocycles. The summed E-state index contributed by atoms with van der Waals surface area (Å²) < 4.78 is 6.51. The Kier molecular flexibility index (Phi) is 5.29. The van der Waals surface area contributed by atoms with Gasteiger partial charge in [-0.05, 0) is 62.8 Å². The molecule has 2 aromatic heterocycles. The monoisotopic (exact) mass is 414 g/mol. The summed E-state index contributed by atoms with van der Waals surface area (Å²) in [5, 5.41) is 0.816. The molecule has 2 heterocycles. The number of esters is 1. The minimum absolute atomic E-state index is 0.0467. The highest BCUT2D eigenvalue weighted by atomic mass is 32.2. The highest BCUT2D eigenvalue weighted by molar-refractivity contribution is 8.00. The predicted octanol–water partition coefficient (Wildman–Crippen LogP) is 4.29. The van der Waals surface area contributed by atoms with E-state index in [1.807, 2.05) is 31.2 Å². The Hall–Kier alpha value is -2.12. The van der Waals surface area contributed by atoms with Gasteiger partial charge < -0.3 is 4.74 Å². The number of carbonyl (C=O) groups is 1. The van der Waals surface area contributed by atoms with E-state index in [-0.39, 0.29) is 11.5 Å². The van der Waals surface area contributed by atoms with Gasteiger partial charge in [0.25, 0.3) is 5.56 Å². The zero-order valence-corrected chi connectivity index (χ0v) is 17.8. The van der Waals surface area contributed by atoms with E-state index in [0.29, 0.717) is 5.16 Å². The normalized spacial score (nSPS) is 14.7. The molecule has 3 aromatic rings. The molecule has 7 heteroatoms. The third kappa shape index (κ3) is 3.37. The van der Waals surface area contributed by atoms with E-state index in [9.17, 15) is 9.59 Å². The molecule has 0 N–H and O–H groups in total. The average Bonchev–Trinajstić information content (AvgIpc) is 3.05. The second-order valence-corrected chi connectivity index (χ2v) is 9.44. The van der Waals surface area contributed by atoms with Crippen molar-refractivity contribution in [2.45, 2.75) is 49.9 Å². The number of aromatic nitrogens is 2. The molecule has 0 radical (unpaired) electrons. The molecule has 1 aliphatic rings. The molecular formula is C21H22N2O3S2. The number of ether oxygens (including phenoxy) is 1. The van der Waals surface area contributed by atoms with Crippen molar-refractivity contribution in [3.63, 3.8) is 0 Å². The van der Waals surface area contributed by atoms with Crippen LogP contribution < -0.4 is 5.56 Å². The number of carbonyl (C=O) groups excluding carboxylic acids is 1. The van der Waals surface area contributed by atoms with E-state index in [2.05, 4.69) is 0 Å². The van der Waals surface area contributed by atoms with Crippen LogP contribution in [0.3, 0.4) is 0 Å². The zero-order chi connectivity index (χ0) is 19.8. The first kappa shape index (κ1) is 19.2. The van der Waals surface area contributed by atoms with Crippen LogP contribution in [0.15, 0.2) is 34.2 Å². The van der Waals surface area contributed by atoms with Crippen molar-refractivity contribution in [1.29, 1.82) is 0 Å². The molecule has 0 spiro atoms. The van der Waals surface area contributed by atoms with Crippen molar-refractivity contribution < 1.29 is 9.53 Å². The van der Waals surface area contributed by atoms with E-state index in [1.54, 1.807) is 22.8 Å². The van der Waals surface area contributed by atoms with Crippen molar-refractivity contribution in [1.82, 2.24) is 9.55 Å². The molecule has 0 aliphatic heterocycles. The summed E-state index contributed by atoms with van der Waals surface area (Å²) in [6.45, 7) is 3.77. The molecular weight excluding hydrogens is 392 g/mol. The van der Waals surface area contributed by atoms with Gasteiger partial charge in [0.2, 0.25) is 0 Å². The summed E-state index contributed by atoms with van der Waals surface area (Å²) in [6.07, 6.45) is 4.22. The van der Waals surface area contributed by atoms with Crippen LogP contribution >= 0.6 is 23.1 Å². The maximum Gasteiger partial charge on any atom is 0.318 e. The standard InChI is InChI=1S/C21H22N2O3S2/c1-12-7-6-8-14(11-12)23-19(24)17-15-9-4-5-10-16(15)28-18(17)22-21(23)27-13(2)20(25)26-3/h6-8,11,13H,4-5,9-10H2,1-3H3/t13-/m1/s1. The second-order valence-electron chi connectivity index (χ2n) is 7.05. The second kappa shape index (κ2) is 7.72. The fourth-order valence-corrected chi connectivity index (χ4v) is 5.89. The summed E-state index contributed by atoms with van der Waals surface area (Å²) in [6, 6.07) is 7.81. The third-order valence-electron chi connectivity index (χ3n) is 5.03. The summed E-state index contributed by atoms with van der Waals surface area (Å²) in [5.41, 5.74) is 2.96. The predicted molar refractivity (Wildman–Crippen MR) is 114 cm³/mol. The highest BCUT2D eigenvalue weighted by Gasteiger charge is 2.25. The fourth-order valence-electron chi connectivity index (χ4n) is 3.63. The van der Waals surface area contributed by atoms with Crippen LogP contribution in [0.5, 0.6) is 0 Å². The number of nitrogens with zero attached hydrogens (tertiary/aromatic N) is 2. The lowest BCUT2D eigenvalue weighted by Crippen LogP contribution is -2.24. The molecule has 146 valence electrons. The number of hydrogen-bond donors (Lipinski definition) is 0. The molecule has 5 nitrogen and oxygen atoms in total. The van der Waals surface area contributed by atoms with Gasteiger partial charge in [0.05, 0.1) is 18.2 Å². The average molecular weight is 415 g/mol. The van der Waals surface area contributed by atoms with Crippen LogP contribution in [-0.2, 0) is 22.4 Å². The van der Waals surface area contributed by atoms with Crippen LogP contribution in [0.1, 0.15) is 35.8 Å². The topological polar surface area (TPSA) is 61.2 Å². The van der Waals surface area contributed by atoms with Crippen molar-refractivity contribution in [3.8, 4) is 5.69 Å². The lowest BCUT2D eigenvalue weighted by molar-refractivity contribution is -0.139. The van der Waals surface area contributed by atoms with Gasteiger partial charge in [0, 0.05) is 4.88 Å². The van der Waals surface area contributed by atoms with E-state index in [1.165, 1.54) is 29.3 Å². The summed E-state index contributed by atoms with van der Waals surface area (Å²) in [5.74, 6) is -0.333. The molecule has 0 unspecified atom stereocenters. The molecule has 0 fully saturated rings. The Morgan fingerprint density at radius 2 is 2.11 bits per heavy atom. The lowest BCUT2D eigenvalue weighted by atomic mass is 9.97. The van der Waals surface area contributed by atoms with Crippen molar-refractivity contribution in [3.05, 3.63) is 50.6 Å². The molecule has 0 bridgehead atoms. The molecule has 4 rings (SSSR count). The number of rotatable bonds is 4. The Balaban J connectivity index is 1.96. The van der Waals surface area contributed by atoms with Gasteiger partial charge >= 0.3 is 5.97 Å². The van der Waals surface area contributed by atoms with Crippen molar-refractivity contribution in [2.75, 3.05) is 7.11 Å². The summed E-state index contributed by atoms with van der Waals surface area (Å²) in [4.78, 5) is 32.5. The summed E-state index contributed by atoms with van der Waals surface area (Å²) >= 11 is 2.88. The van der Waals surface area contributed by atoms with Crippen molar-refractivity contribution >= 4 is 39.3 Å². The smallest absolute Gasteiger partial charge is 0.318 e. The lowest BCUT2D eigenvalue weighted by Gasteiger charge is -2.15. The van der Waals surface area contributed by atoms with Gasteiger partial charge in [-0.2, -0.15) is 0 Å². The van der Waals surface area contributed by atoms with Crippen molar-refractivity contribution in [2.24, 2.45) is 0 Å². The number of thiophene rings is 1. The van der Waals surface area contributed by atoms with Crippen LogP contribution in [0.25, 0.3) is 15.9 Å². The molecule has 0 amide bonds. The van der Waals surface area contributed by atoms with Gasteiger partial charge in [0.1, 0.15) is 10.1 Å². The van der Waals surface area contributed by atoms with E-state index < -0.39 is 5.25 Å². The van der Waals surface area contributed by atoms with Gasteiger partial charge in [-0.3, -0.25) is 14.2 Å². The number of fused-ring (bicyclic) bond motifs is 3. The van der Waals surface area contributed by atoms with Crippen LogP contribution in [0, 0.1) is 6.92 Å². The number of aryl methyl sites for hydroxylation is 3. The van der Waals surface area contributed by atoms with E-state index in [4.69, 9.17) is 9.72 Å². The minimum atomic E-state index is -0.458. The molecule has 0 saturated heterocycles. The number of methoxy groups -OCH3 is 1. The Bertz CT molecular complexity index is 1120. The van der Waals surface area contributed by atoms with Gasteiger partial charge in [-0.1, -0.05) is 23.9 Å². The van der Waals surface area contributed by atoms with Crippen LogP contribution in [0.4, 0.5) is 0 Å². The van der Waals surface area contributed by atoms with Gasteiger partial charge in [-0.25, -0.2) is 4.98 Å². The minimum Gasteiger partial charge on any atom is -0.468 e. The number of thioether (sulfide) groups is 1. The number of benzene rings is 1. The molecule has 0 saturated carbocycles. The summed E-state index contributed by atoms with van der Waals surface area (Å²) in [7, 11) is 1.37. The Labute approximate surface area is 171 Å². The molecule has 1 atom stereocenters.